The molecule has 0 heterocycles. The minimum atomic E-state index is -0.891. The number of ether oxygens (including phenoxy) is 1. The van der Waals surface area contributed by atoms with Crippen molar-refractivity contribution in [2.75, 3.05) is 6.54 Å². The zero-order valence-electron chi connectivity index (χ0n) is 13.5. The van der Waals surface area contributed by atoms with Crippen LogP contribution in [0.15, 0.2) is 0 Å². The van der Waals surface area contributed by atoms with Crippen molar-refractivity contribution in [2.24, 2.45) is 5.92 Å². The summed E-state index contributed by atoms with van der Waals surface area (Å²) in [6, 6.07) is 0. The first kappa shape index (κ1) is 18.7. The van der Waals surface area contributed by atoms with E-state index in [1.54, 1.807) is 13.8 Å². The van der Waals surface area contributed by atoms with Crippen molar-refractivity contribution in [3.05, 3.63) is 10.1 Å². The first-order valence-corrected chi connectivity index (χ1v) is 7.05. The molecule has 0 aliphatic heterocycles. The molecule has 118 valence electrons. The second-order valence-corrected chi connectivity index (χ2v) is 6.95. The van der Waals surface area contributed by atoms with Gasteiger partial charge in [-0.1, -0.05) is 6.92 Å². The topological polar surface area (TPSA) is 81.5 Å². The predicted molar refractivity (Wildman–Crippen MR) is 78.3 cm³/mol. The molecule has 0 bridgehead atoms. The summed E-state index contributed by atoms with van der Waals surface area (Å²) in [5.74, 6) is 0.246. The van der Waals surface area contributed by atoms with Gasteiger partial charge in [0.1, 0.15) is 5.60 Å². The molecular formula is C14H28N2O4. The first-order valence-electron chi connectivity index (χ1n) is 7.05. The molecule has 20 heavy (non-hydrogen) atoms. The van der Waals surface area contributed by atoms with Gasteiger partial charge in [0, 0.05) is 31.7 Å². The van der Waals surface area contributed by atoms with Gasteiger partial charge in [-0.25, -0.2) is 4.79 Å². The Morgan fingerprint density at radius 2 is 1.85 bits per heavy atom. The third kappa shape index (κ3) is 8.72. The minimum Gasteiger partial charge on any atom is -0.444 e. The van der Waals surface area contributed by atoms with Crippen LogP contribution >= 0.6 is 0 Å². The Balaban J connectivity index is 3.86. The van der Waals surface area contributed by atoms with E-state index < -0.39 is 17.2 Å². The molecule has 0 fully saturated rings. The van der Waals surface area contributed by atoms with E-state index in [0.717, 1.165) is 12.8 Å². The molecular weight excluding hydrogens is 260 g/mol. The molecule has 0 saturated heterocycles. The van der Waals surface area contributed by atoms with Crippen LogP contribution in [0.2, 0.25) is 0 Å². The third-order valence-corrected chi connectivity index (χ3v) is 2.88. The average molecular weight is 288 g/mol. The Hall–Kier alpha value is -1.33. The quantitative estimate of drug-likeness (QED) is 0.442. The Morgan fingerprint density at radius 1 is 1.30 bits per heavy atom. The van der Waals surface area contributed by atoms with Gasteiger partial charge in [-0.3, -0.25) is 10.1 Å². The molecule has 0 spiro atoms. The van der Waals surface area contributed by atoms with Gasteiger partial charge in [-0.05, 0) is 39.5 Å². The van der Waals surface area contributed by atoms with Gasteiger partial charge in [0.05, 0.1) is 0 Å². The van der Waals surface area contributed by atoms with Crippen molar-refractivity contribution in [3.8, 4) is 0 Å². The largest absolute Gasteiger partial charge is 0.444 e. The summed E-state index contributed by atoms with van der Waals surface area (Å²) in [6.45, 7) is 11.2. The fraction of sp³-hybridized carbons (Fsp3) is 0.929. The highest BCUT2D eigenvalue weighted by Gasteiger charge is 2.32. The van der Waals surface area contributed by atoms with Crippen LogP contribution in [0, 0.1) is 16.0 Å². The molecule has 0 radical (unpaired) electrons. The number of nitrogens with one attached hydrogen (secondary N) is 1. The number of alkyl carbamates (subject to hydrolysis) is 1. The van der Waals surface area contributed by atoms with Crippen LogP contribution in [0.3, 0.4) is 0 Å². The Labute approximate surface area is 121 Å². The molecule has 0 rings (SSSR count). The lowest BCUT2D eigenvalue weighted by atomic mass is 9.89. The van der Waals surface area contributed by atoms with Crippen molar-refractivity contribution in [3.63, 3.8) is 0 Å². The molecule has 0 aliphatic rings. The van der Waals surface area contributed by atoms with Gasteiger partial charge in [0.25, 0.3) is 0 Å². The van der Waals surface area contributed by atoms with E-state index in [9.17, 15) is 14.9 Å². The van der Waals surface area contributed by atoms with E-state index in [4.69, 9.17) is 4.74 Å². The Kier molecular flexibility index (Phi) is 6.96. The van der Waals surface area contributed by atoms with E-state index in [2.05, 4.69) is 5.32 Å². The summed E-state index contributed by atoms with van der Waals surface area (Å²) in [6.07, 6.45) is 1.74. The number of amides is 1. The lowest BCUT2D eigenvalue weighted by molar-refractivity contribution is -0.563. The molecule has 0 aliphatic carbocycles. The van der Waals surface area contributed by atoms with Crippen LogP contribution in [-0.2, 0) is 4.74 Å². The van der Waals surface area contributed by atoms with Crippen LogP contribution in [0.4, 0.5) is 4.79 Å². The van der Waals surface area contributed by atoms with Crippen LogP contribution < -0.4 is 5.32 Å². The summed E-state index contributed by atoms with van der Waals surface area (Å²) in [7, 11) is 0. The lowest BCUT2D eigenvalue weighted by Crippen LogP contribution is -2.34. The average Bonchev–Trinajstić information content (AvgIpc) is 2.21. The summed E-state index contributed by atoms with van der Waals surface area (Å²) < 4.78 is 5.12. The van der Waals surface area contributed by atoms with Gasteiger partial charge >= 0.3 is 6.09 Å². The summed E-state index contributed by atoms with van der Waals surface area (Å²) in [4.78, 5) is 22.0. The van der Waals surface area contributed by atoms with Crippen molar-refractivity contribution in [2.45, 2.75) is 71.9 Å². The molecule has 6 heteroatoms. The van der Waals surface area contributed by atoms with E-state index in [1.165, 1.54) is 0 Å². The van der Waals surface area contributed by atoms with Crippen LogP contribution in [0.25, 0.3) is 0 Å². The molecule has 1 amide bonds. The van der Waals surface area contributed by atoms with Crippen molar-refractivity contribution >= 4 is 6.09 Å². The van der Waals surface area contributed by atoms with E-state index in [0.29, 0.717) is 13.0 Å². The maximum absolute atomic E-state index is 11.4. The number of rotatable bonds is 7. The van der Waals surface area contributed by atoms with Crippen molar-refractivity contribution < 1.29 is 14.5 Å². The van der Waals surface area contributed by atoms with Gasteiger partial charge in [-0.15, -0.1) is 0 Å². The SMILES string of the molecule is CC(CCCNC(=O)OC(C)(C)C)CC(C)(C)[N+](=O)[O-]. The maximum Gasteiger partial charge on any atom is 0.407 e. The molecule has 1 N–H and O–H groups in total. The first-order chi connectivity index (χ1) is 8.94. The highest BCUT2D eigenvalue weighted by molar-refractivity contribution is 5.67. The number of carbonyl (C=O) groups excluding carboxylic acids is 1. The highest BCUT2D eigenvalue weighted by Crippen LogP contribution is 2.22. The molecule has 0 saturated carbocycles. The Morgan fingerprint density at radius 3 is 2.30 bits per heavy atom. The fourth-order valence-corrected chi connectivity index (χ4v) is 1.98. The molecule has 1 unspecified atom stereocenters. The summed E-state index contributed by atoms with van der Waals surface area (Å²) >= 11 is 0. The number of nitro groups is 1. The molecule has 0 aromatic carbocycles. The number of nitrogens with zero attached hydrogens (tertiary/aromatic N) is 1. The third-order valence-electron chi connectivity index (χ3n) is 2.88. The molecule has 1 atom stereocenters. The maximum atomic E-state index is 11.4. The fourth-order valence-electron chi connectivity index (χ4n) is 1.98. The monoisotopic (exact) mass is 288 g/mol. The van der Waals surface area contributed by atoms with Gasteiger partial charge < -0.3 is 10.1 Å². The van der Waals surface area contributed by atoms with Gasteiger partial charge in [0.15, 0.2) is 0 Å². The normalized spacial score (nSPS) is 13.7. The standard InChI is InChI=1S/C14H28N2O4/c1-11(10-14(5,6)16(18)19)8-7-9-15-12(17)20-13(2,3)4/h11H,7-10H2,1-6H3,(H,15,17). The minimum absolute atomic E-state index is 0.234. The number of hydrogen-bond acceptors (Lipinski definition) is 4. The molecule has 6 nitrogen and oxygen atoms in total. The van der Waals surface area contributed by atoms with E-state index in [-0.39, 0.29) is 10.8 Å². The lowest BCUT2D eigenvalue weighted by Gasteiger charge is -2.21. The van der Waals surface area contributed by atoms with E-state index >= 15 is 0 Å². The van der Waals surface area contributed by atoms with Crippen molar-refractivity contribution in [1.82, 2.24) is 5.32 Å². The zero-order chi connectivity index (χ0) is 16.0. The van der Waals surface area contributed by atoms with E-state index in [1.807, 2.05) is 27.7 Å². The van der Waals surface area contributed by atoms with Crippen LogP contribution in [0.5, 0.6) is 0 Å². The Bertz CT molecular complexity index is 335. The smallest absolute Gasteiger partial charge is 0.407 e. The van der Waals surface area contributed by atoms with Crippen molar-refractivity contribution in [1.29, 1.82) is 0 Å². The number of carbonyl (C=O) groups is 1. The second kappa shape index (κ2) is 7.45. The second-order valence-electron chi connectivity index (χ2n) is 6.95. The van der Waals surface area contributed by atoms with Crippen LogP contribution in [0.1, 0.15) is 60.8 Å². The van der Waals surface area contributed by atoms with Gasteiger partial charge in [-0.2, -0.15) is 0 Å². The summed E-state index contributed by atoms with van der Waals surface area (Å²) in [5.41, 5.74) is -1.38. The highest BCUT2D eigenvalue weighted by atomic mass is 16.6. The number of hydrogen-bond donors (Lipinski definition) is 1. The zero-order valence-corrected chi connectivity index (χ0v) is 13.5. The van der Waals surface area contributed by atoms with Gasteiger partial charge in [0.2, 0.25) is 5.54 Å². The molecule has 0 aromatic rings. The van der Waals surface area contributed by atoms with Crippen LogP contribution in [-0.4, -0.2) is 28.7 Å². The molecule has 0 aromatic heterocycles. The predicted octanol–water partition coefficient (Wildman–Crippen LogP) is 3.37. The summed E-state index contributed by atoms with van der Waals surface area (Å²) in [5, 5.41) is 13.5.